The topological polar surface area (TPSA) is 78.3 Å². The molecule has 0 spiro atoms. The van der Waals surface area contributed by atoms with E-state index in [-0.39, 0.29) is 17.8 Å². The predicted octanol–water partition coefficient (Wildman–Crippen LogP) is 4.25. The van der Waals surface area contributed by atoms with Gasteiger partial charge in [0.1, 0.15) is 0 Å². The van der Waals surface area contributed by atoms with Gasteiger partial charge in [-0.1, -0.05) is 11.6 Å². The molecule has 0 unspecified atom stereocenters. The zero-order valence-electron chi connectivity index (χ0n) is 14.8. The molecule has 0 atom stereocenters. The molecule has 1 aliphatic carbocycles. The van der Waals surface area contributed by atoms with Crippen molar-refractivity contribution >= 4 is 28.7 Å². The van der Waals surface area contributed by atoms with Crippen LogP contribution in [0, 0.1) is 0 Å². The molecule has 136 valence electrons. The Hall–Kier alpha value is -1.95. The third kappa shape index (κ3) is 3.40. The summed E-state index contributed by atoms with van der Waals surface area (Å²) in [7, 11) is 0. The van der Waals surface area contributed by atoms with Crippen molar-refractivity contribution in [1.82, 2.24) is 14.5 Å². The van der Waals surface area contributed by atoms with E-state index in [1.807, 2.05) is 26.8 Å². The molecule has 3 rings (SSSR count). The van der Waals surface area contributed by atoms with Gasteiger partial charge in [0, 0.05) is 22.6 Å². The van der Waals surface area contributed by atoms with Gasteiger partial charge in [-0.05, 0) is 64.7 Å². The summed E-state index contributed by atoms with van der Waals surface area (Å²) in [6.07, 6.45) is 2.14. The summed E-state index contributed by atoms with van der Waals surface area (Å²) in [6, 6.07) is 5.42. The number of aromatic amines is 1. The van der Waals surface area contributed by atoms with E-state index in [1.54, 1.807) is 21.6 Å². The number of hydrogen-bond donors (Lipinski definition) is 2. The highest BCUT2D eigenvalue weighted by atomic mass is 35.5. The Balaban J connectivity index is 1.84. The number of fused-ring (bicyclic) bond motifs is 1. The number of rotatable bonds is 2. The molecule has 2 N–H and O–H groups in total. The Morgan fingerprint density at radius 1 is 1.28 bits per heavy atom. The first-order valence-electron chi connectivity index (χ1n) is 8.60. The van der Waals surface area contributed by atoms with Gasteiger partial charge in [-0.2, -0.15) is 0 Å². The first-order chi connectivity index (χ1) is 11.7. The van der Waals surface area contributed by atoms with Crippen LogP contribution in [-0.2, 0) is 0 Å². The monoisotopic (exact) mass is 365 g/mol. The zero-order valence-corrected chi connectivity index (χ0v) is 15.5. The normalized spacial score (nSPS) is 21.4. The molecule has 0 radical (unpaired) electrons. The van der Waals surface area contributed by atoms with Crippen molar-refractivity contribution in [2.45, 2.75) is 64.1 Å². The number of carboxylic acid groups (broad SMARTS) is 1. The van der Waals surface area contributed by atoms with Crippen LogP contribution in [0.1, 0.15) is 52.5 Å². The maximum Gasteiger partial charge on any atom is 0.407 e. The van der Waals surface area contributed by atoms with Gasteiger partial charge in [-0.3, -0.25) is 4.57 Å². The van der Waals surface area contributed by atoms with Crippen LogP contribution in [0.3, 0.4) is 0 Å². The van der Waals surface area contributed by atoms with Gasteiger partial charge in [0.05, 0.1) is 11.0 Å². The molecule has 1 saturated carbocycles. The van der Waals surface area contributed by atoms with Crippen LogP contribution in [0.2, 0.25) is 5.02 Å². The summed E-state index contributed by atoms with van der Waals surface area (Å²) >= 11 is 6.09. The number of benzene rings is 1. The minimum atomic E-state index is -0.882. The first-order valence-corrected chi connectivity index (χ1v) is 8.98. The fraction of sp³-hybridized carbons (Fsp3) is 0.556. The van der Waals surface area contributed by atoms with Crippen molar-refractivity contribution in [3.63, 3.8) is 0 Å². The molecule has 1 aromatic heterocycles. The van der Waals surface area contributed by atoms with Gasteiger partial charge in [0.15, 0.2) is 0 Å². The molecular formula is C18H24ClN3O3. The number of nitrogens with zero attached hydrogens (tertiary/aromatic N) is 2. The lowest BCUT2D eigenvalue weighted by Gasteiger charge is -2.42. The van der Waals surface area contributed by atoms with E-state index in [2.05, 4.69) is 4.98 Å². The molecule has 0 bridgehead atoms. The lowest BCUT2D eigenvalue weighted by molar-refractivity contribution is 0.0512. The lowest BCUT2D eigenvalue weighted by atomic mass is 9.88. The fourth-order valence-electron chi connectivity index (χ4n) is 4.02. The van der Waals surface area contributed by atoms with Gasteiger partial charge >= 0.3 is 11.8 Å². The van der Waals surface area contributed by atoms with Crippen molar-refractivity contribution < 1.29 is 9.90 Å². The van der Waals surface area contributed by atoms with Crippen molar-refractivity contribution in [3.05, 3.63) is 33.7 Å². The molecule has 1 heterocycles. The summed E-state index contributed by atoms with van der Waals surface area (Å²) < 4.78 is 1.78. The van der Waals surface area contributed by atoms with E-state index in [4.69, 9.17) is 11.6 Å². The molecule has 7 heteroatoms. The molecular weight excluding hydrogens is 342 g/mol. The third-order valence-corrected chi connectivity index (χ3v) is 5.24. The van der Waals surface area contributed by atoms with E-state index in [9.17, 15) is 14.7 Å². The number of aromatic nitrogens is 2. The van der Waals surface area contributed by atoms with Gasteiger partial charge in [0.2, 0.25) is 0 Å². The Morgan fingerprint density at radius 2 is 1.92 bits per heavy atom. The second-order valence-electron chi connectivity index (χ2n) is 7.75. The van der Waals surface area contributed by atoms with Crippen LogP contribution < -0.4 is 5.69 Å². The molecule has 1 amide bonds. The average molecular weight is 366 g/mol. The van der Waals surface area contributed by atoms with Gasteiger partial charge in [0.25, 0.3) is 0 Å². The maximum absolute atomic E-state index is 12.4. The molecule has 1 fully saturated rings. The Morgan fingerprint density at radius 3 is 2.48 bits per heavy atom. The molecule has 1 aliphatic rings. The summed E-state index contributed by atoms with van der Waals surface area (Å²) in [5, 5.41) is 10.2. The SMILES string of the molecule is CC(C)(C)N(C(=O)O)C1CCC(n2c(=O)[nH]c3ccc(Cl)cc32)CC1. The van der Waals surface area contributed by atoms with Gasteiger partial charge < -0.3 is 15.0 Å². The van der Waals surface area contributed by atoms with Crippen LogP contribution in [0.25, 0.3) is 11.0 Å². The number of carbonyl (C=O) groups is 1. The number of halogens is 1. The molecule has 6 nitrogen and oxygen atoms in total. The van der Waals surface area contributed by atoms with E-state index in [0.29, 0.717) is 5.02 Å². The van der Waals surface area contributed by atoms with Crippen LogP contribution >= 0.6 is 11.6 Å². The quantitative estimate of drug-likeness (QED) is 0.835. The minimum Gasteiger partial charge on any atom is -0.465 e. The average Bonchev–Trinajstić information content (AvgIpc) is 2.81. The number of hydrogen-bond acceptors (Lipinski definition) is 2. The maximum atomic E-state index is 12.4. The predicted molar refractivity (Wildman–Crippen MR) is 98.5 cm³/mol. The molecule has 1 aromatic carbocycles. The first kappa shape index (κ1) is 17.9. The van der Waals surface area contributed by atoms with Crippen LogP contribution in [-0.4, -0.2) is 37.2 Å². The van der Waals surface area contributed by atoms with Crippen LogP contribution in [0.4, 0.5) is 4.79 Å². The molecule has 2 aromatic rings. The minimum absolute atomic E-state index is 0.0155. The van der Waals surface area contributed by atoms with Crippen molar-refractivity contribution in [1.29, 1.82) is 0 Å². The summed E-state index contributed by atoms with van der Waals surface area (Å²) in [6.45, 7) is 5.75. The van der Waals surface area contributed by atoms with Gasteiger partial charge in [-0.15, -0.1) is 0 Å². The van der Waals surface area contributed by atoms with Crippen molar-refractivity contribution in [3.8, 4) is 0 Å². The second kappa shape index (κ2) is 6.41. The number of imidazole rings is 1. The van der Waals surface area contributed by atoms with E-state index in [1.165, 1.54) is 0 Å². The highest BCUT2D eigenvalue weighted by molar-refractivity contribution is 6.31. The number of nitrogens with one attached hydrogen (secondary N) is 1. The van der Waals surface area contributed by atoms with Crippen molar-refractivity contribution in [2.24, 2.45) is 0 Å². The van der Waals surface area contributed by atoms with Crippen LogP contribution in [0.15, 0.2) is 23.0 Å². The summed E-state index contributed by atoms with van der Waals surface area (Å²) in [5.74, 6) is 0. The second-order valence-corrected chi connectivity index (χ2v) is 8.18. The summed E-state index contributed by atoms with van der Waals surface area (Å²) in [4.78, 5) is 28.5. The number of amides is 1. The van der Waals surface area contributed by atoms with E-state index >= 15 is 0 Å². The smallest absolute Gasteiger partial charge is 0.407 e. The largest absolute Gasteiger partial charge is 0.465 e. The standard InChI is InChI=1S/C18H24ClN3O3/c1-18(2,3)22(17(24)25)13-7-5-12(6-8-13)21-15-10-11(19)4-9-14(15)20-16(21)23/h4,9-10,12-13H,5-8H2,1-3H3,(H,20,23)(H,24,25). The van der Waals surface area contributed by atoms with E-state index < -0.39 is 11.6 Å². The Bertz CT molecular complexity index is 841. The molecule has 25 heavy (non-hydrogen) atoms. The molecule has 0 aliphatic heterocycles. The lowest BCUT2D eigenvalue weighted by Crippen LogP contribution is -2.52. The van der Waals surface area contributed by atoms with Crippen LogP contribution in [0.5, 0.6) is 0 Å². The highest BCUT2D eigenvalue weighted by Gasteiger charge is 2.36. The Labute approximate surface area is 151 Å². The molecule has 0 saturated heterocycles. The zero-order chi connectivity index (χ0) is 18.4. The Kier molecular flexibility index (Phi) is 4.58. The van der Waals surface area contributed by atoms with Crippen molar-refractivity contribution in [2.75, 3.05) is 0 Å². The highest BCUT2D eigenvalue weighted by Crippen LogP contribution is 2.35. The number of H-pyrrole nitrogens is 1. The summed E-state index contributed by atoms with van der Waals surface area (Å²) in [5.41, 5.74) is 1.02. The fourth-order valence-corrected chi connectivity index (χ4v) is 4.19. The third-order valence-electron chi connectivity index (χ3n) is 5.01. The van der Waals surface area contributed by atoms with Gasteiger partial charge in [-0.25, -0.2) is 9.59 Å². The van der Waals surface area contributed by atoms with E-state index in [0.717, 1.165) is 36.7 Å².